The summed E-state index contributed by atoms with van der Waals surface area (Å²) in [6.45, 7) is 5.29. The first kappa shape index (κ1) is 14.3. The summed E-state index contributed by atoms with van der Waals surface area (Å²) < 4.78 is 0. The smallest absolute Gasteiger partial charge is 0.00134 e. The molecule has 2 aliphatic rings. The highest BCUT2D eigenvalue weighted by molar-refractivity contribution is 4.88. The zero-order chi connectivity index (χ0) is 12.7. The SMILES string of the molecule is CNCCCCCN1CCC2(CCCCC2)CC1. The summed E-state index contributed by atoms with van der Waals surface area (Å²) >= 11 is 0. The van der Waals surface area contributed by atoms with Crippen molar-refractivity contribution in [1.82, 2.24) is 10.2 Å². The fraction of sp³-hybridized carbons (Fsp3) is 1.00. The van der Waals surface area contributed by atoms with Crippen molar-refractivity contribution < 1.29 is 0 Å². The van der Waals surface area contributed by atoms with Crippen LogP contribution in [0.25, 0.3) is 0 Å². The molecule has 2 heteroatoms. The first-order valence-electron chi connectivity index (χ1n) is 8.22. The molecular weight excluding hydrogens is 220 g/mol. The van der Waals surface area contributed by atoms with Crippen LogP contribution in [0.4, 0.5) is 0 Å². The molecule has 0 aromatic carbocycles. The predicted molar refractivity (Wildman–Crippen MR) is 79.0 cm³/mol. The Kier molecular flexibility index (Phi) is 5.97. The van der Waals surface area contributed by atoms with Crippen molar-refractivity contribution >= 4 is 0 Å². The lowest BCUT2D eigenvalue weighted by Gasteiger charge is -2.44. The Bertz CT molecular complexity index is 211. The third-order valence-electron chi connectivity index (χ3n) is 5.23. The van der Waals surface area contributed by atoms with Crippen LogP contribution in [-0.2, 0) is 0 Å². The minimum Gasteiger partial charge on any atom is -0.320 e. The van der Waals surface area contributed by atoms with Gasteiger partial charge in [0.1, 0.15) is 0 Å². The van der Waals surface area contributed by atoms with E-state index < -0.39 is 0 Å². The van der Waals surface area contributed by atoms with Crippen LogP contribution in [0.3, 0.4) is 0 Å². The van der Waals surface area contributed by atoms with Gasteiger partial charge >= 0.3 is 0 Å². The summed E-state index contributed by atoms with van der Waals surface area (Å²) in [5, 5.41) is 3.23. The molecule has 0 amide bonds. The van der Waals surface area contributed by atoms with Crippen LogP contribution in [0.1, 0.15) is 64.2 Å². The molecule has 1 saturated heterocycles. The Morgan fingerprint density at radius 1 is 0.889 bits per heavy atom. The fourth-order valence-electron chi connectivity index (χ4n) is 3.87. The second kappa shape index (κ2) is 7.49. The molecule has 0 atom stereocenters. The van der Waals surface area contributed by atoms with Crippen molar-refractivity contribution in [2.24, 2.45) is 5.41 Å². The largest absolute Gasteiger partial charge is 0.320 e. The summed E-state index contributed by atoms with van der Waals surface area (Å²) in [4.78, 5) is 2.72. The molecule has 1 N–H and O–H groups in total. The maximum Gasteiger partial charge on any atom is -0.00134 e. The summed E-state index contributed by atoms with van der Waals surface area (Å²) in [6.07, 6.45) is 14.7. The number of unbranched alkanes of at least 4 members (excludes halogenated alkanes) is 2. The van der Waals surface area contributed by atoms with Gasteiger partial charge in [-0.2, -0.15) is 0 Å². The monoisotopic (exact) mass is 252 g/mol. The number of hydrogen-bond donors (Lipinski definition) is 1. The van der Waals surface area contributed by atoms with E-state index in [0.717, 1.165) is 5.41 Å². The molecule has 1 saturated carbocycles. The van der Waals surface area contributed by atoms with Crippen molar-refractivity contribution in [3.8, 4) is 0 Å². The van der Waals surface area contributed by atoms with Gasteiger partial charge in [-0.1, -0.05) is 25.7 Å². The molecule has 1 aliphatic heterocycles. The van der Waals surface area contributed by atoms with Gasteiger partial charge in [0.05, 0.1) is 0 Å². The number of nitrogens with zero attached hydrogens (tertiary/aromatic N) is 1. The molecule has 0 bridgehead atoms. The van der Waals surface area contributed by atoms with Crippen LogP contribution in [-0.4, -0.2) is 38.1 Å². The molecule has 2 nitrogen and oxygen atoms in total. The maximum atomic E-state index is 3.23. The molecular formula is C16H32N2. The number of piperidine rings is 1. The van der Waals surface area contributed by atoms with E-state index in [1.165, 1.54) is 90.4 Å². The first-order chi connectivity index (χ1) is 8.85. The zero-order valence-corrected chi connectivity index (χ0v) is 12.3. The van der Waals surface area contributed by atoms with Crippen LogP contribution in [0.2, 0.25) is 0 Å². The Labute approximate surface area is 114 Å². The lowest BCUT2D eigenvalue weighted by Crippen LogP contribution is -2.41. The normalized spacial score (nSPS) is 24.5. The summed E-state index contributed by atoms with van der Waals surface area (Å²) in [6, 6.07) is 0. The van der Waals surface area contributed by atoms with Crippen molar-refractivity contribution in [1.29, 1.82) is 0 Å². The molecule has 2 rings (SSSR count). The van der Waals surface area contributed by atoms with Crippen molar-refractivity contribution in [2.45, 2.75) is 64.2 Å². The Morgan fingerprint density at radius 3 is 2.28 bits per heavy atom. The zero-order valence-electron chi connectivity index (χ0n) is 12.3. The molecule has 0 aromatic heterocycles. The standard InChI is InChI=1S/C16H32N2/c1-17-12-6-3-7-13-18-14-10-16(11-15-18)8-4-2-5-9-16/h17H,2-15H2,1H3. The Morgan fingerprint density at radius 2 is 1.61 bits per heavy atom. The van der Waals surface area contributed by atoms with E-state index in [4.69, 9.17) is 0 Å². The van der Waals surface area contributed by atoms with Gasteiger partial charge in [-0.15, -0.1) is 0 Å². The number of rotatable bonds is 6. The molecule has 1 heterocycles. The van der Waals surface area contributed by atoms with Gasteiger partial charge in [-0.25, -0.2) is 0 Å². The van der Waals surface area contributed by atoms with Crippen LogP contribution in [0.5, 0.6) is 0 Å². The minimum absolute atomic E-state index is 0.779. The number of hydrogen-bond acceptors (Lipinski definition) is 2. The Balaban J connectivity index is 1.58. The number of likely N-dealkylation sites (tertiary alicyclic amines) is 1. The lowest BCUT2D eigenvalue weighted by molar-refractivity contribution is 0.0670. The quantitative estimate of drug-likeness (QED) is 0.729. The average Bonchev–Trinajstić information content (AvgIpc) is 2.42. The Hall–Kier alpha value is -0.0800. The van der Waals surface area contributed by atoms with Gasteiger partial charge in [-0.3, -0.25) is 0 Å². The van der Waals surface area contributed by atoms with Gasteiger partial charge in [0.25, 0.3) is 0 Å². The highest BCUT2D eigenvalue weighted by Crippen LogP contribution is 2.44. The topological polar surface area (TPSA) is 15.3 Å². The molecule has 2 fully saturated rings. The molecule has 106 valence electrons. The molecule has 0 aromatic rings. The fourth-order valence-corrected chi connectivity index (χ4v) is 3.87. The van der Waals surface area contributed by atoms with Crippen LogP contribution >= 0.6 is 0 Å². The highest BCUT2D eigenvalue weighted by Gasteiger charge is 2.35. The van der Waals surface area contributed by atoms with Gasteiger partial charge in [0, 0.05) is 0 Å². The minimum atomic E-state index is 0.779. The molecule has 0 unspecified atom stereocenters. The lowest BCUT2D eigenvalue weighted by atomic mass is 9.68. The molecule has 1 spiro atoms. The van der Waals surface area contributed by atoms with E-state index in [0.29, 0.717) is 0 Å². The number of nitrogens with one attached hydrogen (secondary N) is 1. The summed E-state index contributed by atoms with van der Waals surface area (Å²) in [5.41, 5.74) is 0.779. The highest BCUT2D eigenvalue weighted by atomic mass is 15.1. The van der Waals surface area contributed by atoms with Gasteiger partial charge in [0.15, 0.2) is 0 Å². The third-order valence-corrected chi connectivity index (χ3v) is 5.23. The maximum absolute atomic E-state index is 3.23. The van der Waals surface area contributed by atoms with E-state index in [-0.39, 0.29) is 0 Å². The van der Waals surface area contributed by atoms with Crippen LogP contribution in [0.15, 0.2) is 0 Å². The first-order valence-corrected chi connectivity index (χ1v) is 8.22. The summed E-state index contributed by atoms with van der Waals surface area (Å²) in [5.74, 6) is 0. The van der Waals surface area contributed by atoms with Crippen molar-refractivity contribution in [3.63, 3.8) is 0 Å². The van der Waals surface area contributed by atoms with Crippen molar-refractivity contribution in [2.75, 3.05) is 33.2 Å². The van der Waals surface area contributed by atoms with E-state index in [9.17, 15) is 0 Å². The van der Waals surface area contributed by atoms with Crippen LogP contribution in [0, 0.1) is 5.41 Å². The second-order valence-corrected chi connectivity index (χ2v) is 6.57. The van der Waals surface area contributed by atoms with E-state index in [1.54, 1.807) is 0 Å². The molecule has 1 aliphatic carbocycles. The summed E-state index contributed by atoms with van der Waals surface area (Å²) in [7, 11) is 2.05. The van der Waals surface area contributed by atoms with E-state index in [2.05, 4.69) is 10.2 Å². The van der Waals surface area contributed by atoms with E-state index >= 15 is 0 Å². The van der Waals surface area contributed by atoms with Crippen LogP contribution < -0.4 is 5.32 Å². The van der Waals surface area contributed by atoms with Gasteiger partial charge < -0.3 is 10.2 Å². The third kappa shape index (κ3) is 4.24. The van der Waals surface area contributed by atoms with E-state index in [1.807, 2.05) is 7.05 Å². The van der Waals surface area contributed by atoms with Crippen molar-refractivity contribution in [3.05, 3.63) is 0 Å². The second-order valence-electron chi connectivity index (χ2n) is 6.57. The molecule has 0 radical (unpaired) electrons. The van der Waals surface area contributed by atoms with Gasteiger partial charge in [-0.05, 0) is 77.2 Å². The molecule has 18 heavy (non-hydrogen) atoms. The predicted octanol–water partition coefficient (Wildman–Crippen LogP) is 3.42. The average molecular weight is 252 g/mol. The van der Waals surface area contributed by atoms with Gasteiger partial charge in [0.2, 0.25) is 0 Å².